The summed E-state index contributed by atoms with van der Waals surface area (Å²) in [6.45, 7) is 4.07. The van der Waals surface area contributed by atoms with E-state index in [9.17, 15) is 4.79 Å². The summed E-state index contributed by atoms with van der Waals surface area (Å²) < 4.78 is 3.73. The smallest absolute Gasteiger partial charge is 0.253 e. The summed E-state index contributed by atoms with van der Waals surface area (Å²) in [6.07, 6.45) is 3.79. The molecule has 0 saturated carbocycles. The van der Waals surface area contributed by atoms with Crippen LogP contribution in [0.5, 0.6) is 0 Å². The molecule has 3 heterocycles. The number of aryl methyl sites for hydroxylation is 2. The van der Waals surface area contributed by atoms with Gasteiger partial charge in [0.25, 0.3) is 5.91 Å². The predicted octanol–water partition coefficient (Wildman–Crippen LogP) is 4.73. The second-order valence-electron chi connectivity index (χ2n) is 8.40. The van der Waals surface area contributed by atoms with Crippen LogP contribution in [0.15, 0.2) is 67.0 Å². The molecule has 0 saturated heterocycles. The molecule has 0 radical (unpaired) electrons. The number of amides is 1. The number of benzene rings is 2. The fourth-order valence-electron chi connectivity index (χ4n) is 4.22. The molecule has 1 atom stereocenters. The molecule has 2 aromatic carbocycles. The van der Waals surface area contributed by atoms with E-state index < -0.39 is 0 Å². The minimum atomic E-state index is -0.0902. The Labute approximate surface area is 192 Å². The van der Waals surface area contributed by atoms with Gasteiger partial charge < -0.3 is 15.2 Å². The minimum Gasteiger partial charge on any atom is -0.356 e. The number of hydrogen-bond acceptors (Lipinski definition) is 4. The van der Waals surface area contributed by atoms with Crippen LogP contribution in [0.1, 0.15) is 34.5 Å². The number of rotatable bonds is 5. The lowest BCUT2D eigenvalue weighted by atomic mass is 10.0. The minimum absolute atomic E-state index is 0.0849. The number of carbonyl (C=O) groups is 1. The second-order valence-corrected chi connectivity index (χ2v) is 8.40. The van der Waals surface area contributed by atoms with Gasteiger partial charge in [-0.1, -0.05) is 35.9 Å². The summed E-state index contributed by atoms with van der Waals surface area (Å²) in [4.78, 5) is 17.7. The number of fused-ring (bicyclic) bond motifs is 2. The van der Waals surface area contributed by atoms with Crippen molar-refractivity contribution in [2.45, 2.75) is 19.9 Å². The van der Waals surface area contributed by atoms with Gasteiger partial charge in [-0.3, -0.25) is 4.79 Å². The van der Waals surface area contributed by atoms with Crippen molar-refractivity contribution in [3.8, 4) is 11.1 Å². The standard InChI is InChI=1S/C26H26N6O/c1-16-6-5-7-18(12-16)17(2)28-25(33)22-15-31(4)23-9-8-19(13-21(22)23)20-10-11-32-24(14-20)29-26(27-3)30-32/h5-15,17H,1-4H3,(H,27,30)(H,28,33)/t17-/m0/s1. The molecular formula is C26H26N6O. The molecule has 2 N–H and O–H groups in total. The van der Waals surface area contributed by atoms with E-state index in [1.165, 1.54) is 5.56 Å². The van der Waals surface area contributed by atoms with Crippen LogP contribution in [-0.4, -0.2) is 32.1 Å². The van der Waals surface area contributed by atoms with Crippen LogP contribution in [0, 0.1) is 6.92 Å². The summed E-state index contributed by atoms with van der Waals surface area (Å²) in [6, 6.07) is 18.3. The van der Waals surface area contributed by atoms with Crippen molar-refractivity contribution in [1.29, 1.82) is 0 Å². The molecule has 0 bridgehead atoms. The van der Waals surface area contributed by atoms with Crippen molar-refractivity contribution in [2.24, 2.45) is 7.05 Å². The zero-order chi connectivity index (χ0) is 23.1. The highest BCUT2D eigenvalue weighted by Gasteiger charge is 2.18. The zero-order valence-corrected chi connectivity index (χ0v) is 19.1. The maximum Gasteiger partial charge on any atom is 0.253 e. The van der Waals surface area contributed by atoms with Crippen LogP contribution >= 0.6 is 0 Å². The maximum absolute atomic E-state index is 13.2. The van der Waals surface area contributed by atoms with Gasteiger partial charge in [-0.15, -0.1) is 5.10 Å². The zero-order valence-electron chi connectivity index (χ0n) is 19.1. The molecule has 5 rings (SSSR count). The lowest BCUT2D eigenvalue weighted by Gasteiger charge is -2.14. The number of nitrogens with zero attached hydrogens (tertiary/aromatic N) is 4. The van der Waals surface area contributed by atoms with Crippen LogP contribution in [-0.2, 0) is 7.05 Å². The Kier molecular flexibility index (Phi) is 5.09. The SMILES string of the molecule is CNc1nc2cc(-c3ccc4c(c3)c(C(=O)N[C@@H](C)c3cccc(C)c3)cn4C)ccn2n1. The molecule has 33 heavy (non-hydrogen) atoms. The van der Waals surface area contributed by atoms with Gasteiger partial charge >= 0.3 is 0 Å². The van der Waals surface area contributed by atoms with Gasteiger partial charge in [0.2, 0.25) is 5.95 Å². The van der Waals surface area contributed by atoms with E-state index in [0.717, 1.165) is 33.2 Å². The van der Waals surface area contributed by atoms with Gasteiger partial charge in [-0.05, 0) is 54.8 Å². The summed E-state index contributed by atoms with van der Waals surface area (Å²) in [5.41, 5.74) is 6.73. The largest absolute Gasteiger partial charge is 0.356 e. The quantitative estimate of drug-likeness (QED) is 0.416. The molecule has 0 spiro atoms. The van der Waals surface area contributed by atoms with E-state index in [4.69, 9.17) is 0 Å². The first-order valence-electron chi connectivity index (χ1n) is 10.9. The first-order valence-corrected chi connectivity index (χ1v) is 10.9. The third kappa shape index (κ3) is 3.82. The molecule has 0 aliphatic carbocycles. The molecule has 0 unspecified atom stereocenters. The lowest BCUT2D eigenvalue weighted by molar-refractivity contribution is 0.0941. The highest BCUT2D eigenvalue weighted by Crippen LogP contribution is 2.29. The Balaban J connectivity index is 1.50. The summed E-state index contributed by atoms with van der Waals surface area (Å²) in [5.74, 6) is 0.491. The molecule has 166 valence electrons. The van der Waals surface area contributed by atoms with Crippen LogP contribution in [0.3, 0.4) is 0 Å². The normalized spacial score (nSPS) is 12.2. The highest BCUT2D eigenvalue weighted by molar-refractivity contribution is 6.08. The van der Waals surface area contributed by atoms with Crippen molar-refractivity contribution in [1.82, 2.24) is 24.5 Å². The molecule has 0 aliphatic heterocycles. The Hall–Kier alpha value is -4.13. The monoisotopic (exact) mass is 438 g/mol. The number of carbonyl (C=O) groups excluding carboxylic acids is 1. The summed E-state index contributed by atoms with van der Waals surface area (Å²) >= 11 is 0. The average molecular weight is 439 g/mol. The Bertz CT molecular complexity index is 1500. The molecule has 3 aromatic heterocycles. The fourth-order valence-corrected chi connectivity index (χ4v) is 4.22. The molecule has 0 aliphatic rings. The van der Waals surface area contributed by atoms with Gasteiger partial charge in [-0.25, -0.2) is 4.52 Å². The van der Waals surface area contributed by atoms with Crippen molar-refractivity contribution >= 4 is 28.4 Å². The third-order valence-corrected chi connectivity index (χ3v) is 6.02. The van der Waals surface area contributed by atoms with Crippen molar-refractivity contribution in [3.05, 3.63) is 83.7 Å². The Morgan fingerprint density at radius 1 is 1.06 bits per heavy atom. The Morgan fingerprint density at radius 3 is 2.67 bits per heavy atom. The number of pyridine rings is 1. The number of anilines is 1. The molecular weight excluding hydrogens is 412 g/mol. The van der Waals surface area contributed by atoms with Gasteiger partial charge in [0.1, 0.15) is 0 Å². The van der Waals surface area contributed by atoms with Crippen LogP contribution in [0.25, 0.3) is 27.7 Å². The first-order chi connectivity index (χ1) is 15.9. The van der Waals surface area contributed by atoms with Crippen LogP contribution in [0.2, 0.25) is 0 Å². The first kappa shape index (κ1) is 20.8. The van der Waals surface area contributed by atoms with Crippen molar-refractivity contribution < 1.29 is 4.79 Å². The van der Waals surface area contributed by atoms with Crippen molar-refractivity contribution in [2.75, 3.05) is 12.4 Å². The summed E-state index contributed by atoms with van der Waals surface area (Å²) in [7, 11) is 3.76. The van der Waals surface area contributed by atoms with Crippen molar-refractivity contribution in [3.63, 3.8) is 0 Å². The maximum atomic E-state index is 13.2. The molecule has 1 amide bonds. The van der Waals surface area contributed by atoms with E-state index in [2.05, 4.69) is 58.0 Å². The van der Waals surface area contributed by atoms with Crippen LogP contribution in [0.4, 0.5) is 5.95 Å². The highest BCUT2D eigenvalue weighted by atomic mass is 16.1. The number of aromatic nitrogens is 4. The number of hydrogen-bond donors (Lipinski definition) is 2. The topological polar surface area (TPSA) is 76.2 Å². The van der Waals surface area contributed by atoms with Gasteiger partial charge in [0.15, 0.2) is 5.65 Å². The molecule has 5 aromatic rings. The lowest BCUT2D eigenvalue weighted by Crippen LogP contribution is -2.26. The second kappa shape index (κ2) is 8.09. The average Bonchev–Trinajstić information content (AvgIpc) is 3.39. The van der Waals surface area contributed by atoms with E-state index in [0.29, 0.717) is 11.5 Å². The summed E-state index contributed by atoms with van der Waals surface area (Å²) in [5, 5.41) is 11.4. The van der Waals surface area contributed by atoms with E-state index in [1.807, 2.05) is 55.2 Å². The van der Waals surface area contributed by atoms with Crippen LogP contribution < -0.4 is 10.6 Å². The predicted molar refractivity (Wildman–Crippen MR) is 132 cm³/mol. The van der Waals surface area contributed by atoms with E-state index >= 15 is 0 Å². The Morgan fingerprint density at radius 2 is 1.88 bits per heavy atom. The number of nitrogens with one attached hydrogen (secondary N) is 2. The molecule has 0 fully saturated rings. The fraction of sp³-hybridized carbons (Fsp3) is 0.192. The van der Waals surface area contributed by atoms with E-state index in [1.54, 1.807) is 11.6 Å². The van der Waals surface area contributed by atoms with Gasteiger partial charge in [-0.2, -0.15) is 4.98 Å². The molecule has 7 nitrogen and oxygen atoms in total. The molecule has 7 heteroatoms. The van der Waals surface area contributed by atoms with Gasteiger partial charge in [0.05, 0.1) is 11.6 Å². The van der Waals surface area contributed by atoms with E-state index in [-0.39, 0.29) is 11.9 Å². The third-order valence-electron chi connectivity index (χ3n) is 6.02. The van der Waals surface area contributed by atoms with Gasteiger partial charge in [0, 0.05) is 37.4 Å².